The van der Waals surface area contributed by atoms with Crippen molar-refractivity contribution in [2.45, 2.75) is 25.7 Å². The van der Waals surface area contributed by atoms with Gasteiger partial charge in [-0.05, 0) is 25.7 Å². The van der Waals surface area contributed by atoms with Crippen LogP contribution in [-0.2, 0) is 4.79 Å². The predicted octanol–water partition coefficient (Wildman–Crippen LogP) is 2.37. The molecule has 0 aliphatic heterocycles. The van der Waals surface area contributed by atoms with Crippen LogP contribution >= 0.6 is 0 Å². The maximum Gasteiger partial charge on any atom is 0.165 e. The minimum absolute atomic E-state index is 0.0645. The summed E-state index contributed by atoms with van der Waals surface area (Å²) in [7, 11) is 0. The molecule has 0 aromatic heterocycles. The van der Waals surface area contributed by atoms with E-state index in [2.05, 4.69) is 6.58 Å². The van der Waals surface area contributed by atoms with Gasteiger partial charge in [-0.3, -0.25) is 4.79 Å². The molecular weight excluding hydrogens is 152 g/mol. The van der Waals surface area contributed by atoms with Crippen LogP contribution in [0, 0.1) is 5.92 Å². The molecule has 1 N–H and O–H groups in total. The lowest BCUT2D eigenvalue weighted by Crippen LogP contribution is -2.21. The van der Waals surface area contributed by atoms with Crippen LogP contribution in [0.25, 0.3) is 0 Å². The average molecular weight is 166 g/mol. The van der Waals surface area contributed by atoms with Gasteiger partial charge in [-0.2, -0.15) is 0 Å². The van der Waals surface area contributed by atoms with Crippen molar-refractivity contribution in [1.82, 2.24) is 0 Å². The molecule has 1 aliphatic carbocycles. The maximum atomic E-state index is 11.5. The second kappa shape index (κ2) is 4.10. The minimum Gasteiger partial charge on any atom is -0.515 e. The van der Waals surface area contributed by atoms with E-state index in [0.717, 1.165) is 31.9 Å². The molecule has 0 spiro atoms. The van der Waals surface area contributed by atoms with E-state index in [4.69, 9.17) is 5.11 Å². The molecule has 0 saturated heterocycles. The molecule has 0 aromatic rings. The molecule has 0 heterocycles. The van der Waals surface area contributed by atoms with Gasteiger partial charge < -0.3 is 5.11 Å². The number of hydrogen-bond acceptors (Lipinski definition) is 2. The van der Waals surface area contributed by atoms with Crippen LogP contribution in [-0.4, -0.2) is 10.9 Å². The first-order chi connectivity index (χ1) is 5.79. The molecule has 2 nitrogen and oxygen atoms in total. The average Bonchev–Trinajstić information content (AvgIpc) is 2.09. The summed E-state index contributed by atoms with van der Waals surface area (Å²) in [6.07, 6.45) is 6.11. The van der Waals surface area contributed by atoms with E-state index in [0.29, 0.717) is 5.57 Å². The molecule has 0 amide bonds. The number of aliphatic hydroxyl groups is 1. The van der Waals surface area contributed by atoms with E-state index >= 15 is 0 Å². The first kappa shape index (κ1) is 9.04. The van der Waals surface area contributed by atoms with Gasteiger partial charge in [-0.15, -0.1) is 6.58 Å². The van der Waals surface area contributed by atoms with Crippen molar-refractivity contribution in [2.75, 3.05) is 0 Å². The molecule has 66 valence electrons. The predicted molar refractivity (Wildman–Crippen MR) is 47.9 cm³/mol. The number of ketones is 1. The first-order valence-corrected chi connectivity index (χ1v) is 4.28. The largest absolute Gasteiger partial charge is 0.515 e. The fourth-order valence-corrected chi connectivity index (χ4v) is 1.61. The van der Waals surface area contributed by atoms with Gasteiger partial charge >= 0.3 is 0 Å². The Labute approximate surface area is 72.6 Å². The zero-order chi connectivity index (χ0) is 8.97. The fourth-order valence-electron chi connectivity index (χ4n) is 1.61. The Kier molecular flexibility index (Phi) is 3.09. The summed E-state index contributed by atoms with van der Waals surface area (Å²) in [5, 5.41) is 8.74. The Morgan fingerprint density at radius 1 is 1.67 bits per heavy atom. The topological polar surface area (TPSA) is 37.3 Å². The summed E-state index contributed by atoms with van der Waals surface area (Å²) >= 11 is 0. The lowest BCUT2D eigenvalue weighted by molar-refractivity contribution is -0.120. The Bertz CT molecular complexity index is 216. The zero-order valence-corrected chi connectivity index (χ0v) is 7.12. The van der Waals surface area contributed by atoms with Crippen LogP contribution < -0.4 is 0 Å². The fraction of sp³-hybridized carbons (Fsp3) is 0.500. The van der Waals surface area contributed by atoms with Gasteiger partial charge in [0, 0.05) is 11.5 Å². The van der Waals surface area contributed by atoms with Gasteiger partial charge in [-0.1, -0.05) is 6.08 Å². The first-order valence-electron chi connectivity index (χ1n) is 4.28. The molecule has 1 fully saturated rings. The number of aliphatic hydroxyl groups excluding tert-OH is 1. The van der Waals surface area contributed by atoms with Crippen molar-refractivity contribution in [3.05, 3.63) is 24.5 Å². The van der Waals surface area contributed by atoms with Crippen molar-refractivity contribution >= 4 is 5.78 Å². The number of allylic oxidation sites excluding steroid dienone is 2. The molecule has 1 rings (SSSR count). The van der Waals surface area contributed by atoms with Crippen LogP contribution in [0.4, 0.5) is 0 Å². The smallest absolute Gasteiger partial charge is 0.165 e. The van der Waals surface area contributed by atoms with E-state index in [1.165, 1.54) is 0 Å². The lowest BCUT2D eigenvalue weighted by Gasteiger charge is -2.20. The molecule has 1 atom stereocenters. The third-order valence-corrected chi connectivity index (χ3v) is 2.29. The van der Waals surface area contributed by atoms with E-state index < -0.39 is 0 Å². The molecule has 2 heteroatoms. The highest BCUT2D eigenvalue weighted by Crippen LogP contribution is 2.27. The molecule has 1 saturated carbocycles. The highest BCUT2D eigenvalue weighted by molar-refractivity contribution is 5.97. The Morgan fingerprint density at radius 2 is 2.42 bits per heavy atom. The molecular formula is C10H14O2. The molecule has 0 bridgehead atoms. The number of rotatable bonds is 2. The van der Waals surface area contributed by atoms with Crippen molar-refractivity contribution in [3.8, 4) is 0 Å². The summed E-state index contributed by atoms with van der Waals surface area (Å²) in [5.41, 5.74) is 0.577. The monoisotopic (exact) mass is 166 g/mol. The van der Waals surface area contributed by atoms with E-state index in [1.54, 1.807) is 6.08 Å². The van der Waals surface area contributed by atoms with E-state index in [1.807, 2.05) is 0 Å². The van der Waals surface area contributed by atoms with Crippen molar-refractivity contribution in [2.24, 2.45) is 5.92 Å². The quantitative estimate of drug-likeness (QED) is 0.388. The molecule has 0 aromatic carbocycles. The molecule has 0 radical (unpaired) electrons. The second-order valence-electron chi connectivity index (χ2n) is 3.13. The maximum absolute atomic E-state index is 11.5. The normalized spacial score (nSPS) is 27.5. The second-order valence-corrected chi connectivity index (χ2v) is 3.13. The van der Waals surface area contributed by atoms with Crippen LogP contribution in [0.5, 0.6) is 0 Å². The van der Waals surface area contributed by atoms with Gasteiger partial charge in [0.25, 0.3) is 0 Å². The van der Waals surface area contributed by atoms with E-state index in [9.17, 15) is 4.79 Å². The summed E-state index contributed by atoms with van der Waals surface area (Å²) in [5.74, 6) is 0.165. The highest BCUT2D eigenvalue weighted by Gasteiger charge is 2.25. The standard InChI is InChI=1S/C10H14O2/c1-2-4-8-5-3-6-9(7-11)10(8)12/h2,7-8,11H,1,3-6H2/b9-7-/t8-/m1/s1. The van der Waals surface area contributed by atoms with Crippen LogP contribution in [0.15, 0.2) is 24.5 Å². The van der Waals surface area contributed by atoms with Crippen LogP contribution in [0.1, 0.15) is 25.7 Å². The van der Waals surface area contributed by atoms with Gasteiger partial charge in [0.05, 0.1) is 6.26 Å². The third-order valence-electron chi connectivity index (χ3n) is 2.29. The van der Waals surface area contributed by atoms with Crippen LogP contribution in [0.2, 0.25) is 0 Å². The van der Waals surface area contributed by atoms with E-state index in [-0.39, 0.29) is 11.7 Å². The summed E-state index contributed by atoms with van der Waals surface area (Å²) in [6.45, 7) is 3.61. The molecule has 1 aliphatic rings. The van der Waals surface area contributed by atoms with Crippen molar-refractivity contribution in [3.63, 3.8) is 0 Å². The van der Waals surface area contributed by atoms with Crippen molar-refractivity contribution in [1.29, 1.82) is 0 Å². The Balaban J connectivity index is 2.65. The third kappa shape index (κ3) is 1.76. The SMILES string of the molecule is C=CC[C@@H]1CCC/C(=C/O)C1=O. The van der Waals surface area contributed by atoms with Gasteiger partial charge in [-0.25, -0.2) is 0 Å². The van der Waals surface area contributed by atoms with Gasteiger partial charge in [0.2, 0.25) is 0 Å². The summed E-state index contributed by atoms with van der Waals surface area (Å²) in [6, 6.07) is 0. The molecule has 12 heavy (non-hydrogen) atoms. The number of Topliss-reactive ketones (excluding diaryl/α,β-unsaturated/α-hetero) is 1. The summed E-state index contributed by atoms with van der Waals surface area (Å²) in [4.78, 5) is 11.5. The highest BCUT2D eigenvalue weighted by atomic mass is 16.2. The van der Waals surface area contributed by atoms with Gasteiger partial charge in [0.1, 0.15) is 0 Å². The minimum atomic E-state index is 0.0645. The Hall–Kier alpha value is -1.05. The number of carbonyl (C=O) groups is 1. The van der Waals surface area contributed by atoms with Crippen LogP contribution in [0.3, 0.4) is 0 Å². The lowest BCUT2D eigenvalue weighted by atomic mass is 9.83. The van der Waals surface area contributed by atoms with Crippen molar-refractivity contribution < 1.29 is 9.90 Å². The number of hydrogen-bond donors (Lipinski definition) is 1. The molecule has 0 unspecified atom stereocenters. The summed E-state index contributed by atoms with van der Waals surface area (Å²) < 4.78 is 0. The zero-order valence-electron chi connectivity index (χ0n) is 7.12. The number of carbonyl (C=O) groups excluding carboxylic acids is 1. The van der Waals surface area contributed by atoms with Gasteiger partial charge in [0.15, 0.2) is 5.78 Å². The Morgan fingerprint density at radius 3 is 3.00 bits per heavy atom.